The Balaban J connectivity index is 1.38. The van der Waals surface area contributed by atoms with Crippen LogP contribution in [0, 0.1) is 18.3 Å². The number of hydrogen-bond acceptors (Lipinski definition) is 5. The number of H-pyrrole nitrogens is 1. The van der Waals surface area contributed by atoms with Crippen LogP contribution in [0.4, 0.5) is 0 Å². The summed E-state index contributed by atoms with van der Waals surface area (Å²) in [4.78, 5) is 22.4. The van der Waals surface area contributed by atoms with Crippen molar-refractivity contribution < 1.29 is 4.42 Å². The molecule has 0 radical (unpaired) electrons. The van der Waals surface area contributed by atoms with Crippen LogP contribution in [0.3, 0.4) is 0 Å². The van der Waals surface area contributed by atoms with Gasteiger partial charge in [0, 0.05) is 23.1 Å². The first-order valence-corrected chi connectivity index (χ1v) is 10.5. The summed E-state index contributed by atoms with van der Waals surface area (Å²) in [6.07, 6.45) is 3.95. The van der Waals surface area contributed by atoms with E-state index >= 15 is 0 Å². The van der Waals surface area contributed by atoms with Crippen molar-refractivity contribution in [2.75, 3.05) is 13.1 Å². The number of nitrogens with one attached hydrogen (secondary N) is 1. The topological polar surface area (TPSA) is 85.9 Å². The van der Waals surface area contributed by atoms with E-state index in [0.717, 1.165) is 67.1 Å². The highest BCUT2D eigenvalue weighted by atomic mass is 16.3. The molecule has 1 fully saturated rings. The molecule has 1 aliphatic carbocycles. The molecule has 30 heavy (non-hydrogen) atoms. The Labute approximate surface area is 175 Å². The fourth-order valence-electron chi connectivity index (χ4n) is 5.15. The summed E-state index contributed by atoms with van der Waals surface area (Å²) in [5, 5.41) is 9.35. The summed E-state index contributed by atoms with van der Waals surface area (Å²) >= 11 is 0. The molecule has 2 aliphatic rings. The molecular formula is C24H24N4O2. The molecule has 6 heteroatoms. The fourth-order valence-corrected chi connectivity index (χ4v) is 5.15. The Hall–Kier alpha value is -3.17. The van der Waals surface area contributed by atoms with Crippen molar-refractivity contribution in [1.82, 2.24) is 14.9 Å². The van der Waals surface area contributed by atoms with Gasteiger partial charge in [0.1, 0.15) is 17.3 Å². The third kappa shape index (κ3) is 3.16. The summed E-state index contributed by atoms with van der Waals surface area (Å²) < 4.78 is 6.11. The predicted molar refractivity (Wildman–Crippen MR) is 113 cm³/mol. The second kappa shape index (κ2) is 7.26. The highest BCUT2D eigenvalue weighted by Gasteiger charge is 2.44. The molecule has 3 aromatic rings. The molecule has 0 amide bonds. The molecular weight excluding hydrogens is 376 g/mol. The molecule has 3 heterocycles. The average molecular weight is 400 g/mol. The maximum atomic E-state index is 12.4. The number of furan rings is 1. The van der Waals surface area contributed by atoms with Gasteiger partial charge in [-0.3, -0.25) is 9.69 Å². The normalized spacial score (nSPS) is 20.9. The van der Waals surface area contributed by atoms with Gasteiger partial charge in [0.05, 0.1) is 23.9 Å². The number of hydrogen-bond donors (Lipinski definition) is 1. The summed E-state index contributed by atoms with van der Waals surface area (Å²) in [6.45, 7) is 4.47. The molecule has 152 valence electrons. The number of aromatic amines is 1. The van der Waals surface area contributed by atoms with Gasteiger partial charge in [-0.05, 0) is 63.4 Å². The van der Waals surface area contributed by atoms with Crippen molar-refractivity contribution in [2.45, 2.75) is 44.6 Å². The van der Waals surface area contributed by atoms with E-state index < -0.39 is 0 Å². The first-order valence-electron chi connectivity index (χ1n) is 10.5. The molecule has 1 atom stereocenters. The molecule has 1 unspecified atom stereocenters. The summed E-state index contributed by atoms with van der Waals surface area (Å²) in [5.74, 6) is 2.32. The van der Waals surface area contributed by atoms with Gasteiger partial charge >= 0.3 is 0 Å². The molecule has 1 saturated heterocycles. The van der Waals surface area contributed by atoms with Gasteiger partial charge in [-0.25, -0.2) is 4.98 Å². The molecule has 1 spiro atoms. The van der Waals surface area contributed by atoms with E-state index in [-0.39, 0.29) is 11.0 Å². The van der Waals surface area contributed by atoms with E-state index in [4.69, 9.17) is 9.40 Å². The highest BCUT2D eigenvalue weighted by molar-refractivity contribution is 5.66. The molecule has 1 aromatic carbocycles. The molecule has 1 N–H and O–H groups in total. The Morgan fingerprint density at radius 3 is 3.00 bits per heavy atom. The molecule has 0 saturated carbocycles. The van der Waals surface area contributed by atoms with Crippen molar-refractivity contribution in [1.29, 1.82) is 5.26 Å². The number of fused-ring (bicyclic) bond motifs is 2. The van der Waals surface area contributed by atoms with Crippen LogP contribution in [-0.4, -0.2) is 28.0 Å². The van der Waals surface area contributed by atoms with Crippen LogP contribution < -0.4 is 5.56 Å². The quantitative estimate of drug-likeness (QED) is 0.725. The first-order chi connectivity index (χ1) is 14.6. The van der Waals surface area contributed by atoms with Gasteiger partial charge in [-0.2, -0.15) is 5.26 Å². The van der Waals surface area contributed by atoms with Crippen LogP contribution in [0.2, 0.25) is 0 Å². The number of rotatable bonds is 3. The zero-order chi connectivity index (χ0) is 20.7. The summed E-state index contributed by atoms with van der Waals surface area (Å²) in [5.41, 5.74) is 3.32. The molecule has 0 bridgehead atoms. The Bertz CT molecular complexity index is 1200. The number of nitriles is 1. The van der Waals surface area contributed by atoms with Crippen molar-refractivity contribution in [3.05, 3.63) is 75.2 Å². The SMILES string of the molecule is Cc1nc2c(c(=O)[nH]1)CCC21CCCN(Cc2ccc(-c3ccccc3C#N)o2)C1. The average Bonchev–Trinajstić information content (AvgIpc) is 3.34. The van der Waals surface area contributed by atoms with Crippen LogP contribution in [0.5, 0.6) is 0 Å². The van der Waals surface area contributed by atoms with Gasteiger partial charge in [-0.1, -0.05) is 12.1 Å². The third-order valence-corrected chi connectivity index (χ3v) is 6.50. The fraction of sp³-hybridized carbons (Fsp3) is 0.375. The predicted octanol–water partition coefficient (Wildman–Crippen LogP) is 3.69. The lowest BCUT2D eigenvalue weighted by Crippen LogP contribution is -2.45. The standard InChI is InChI=1S/C24H24N4O2/c1-16-26-22-20(23(29)27-16)9-11-24(22)10-4-12-28(15-24)14-18-7-8-21(30-18)19-6-3-2-5-17(19)13-25/h2-3,5-8H,4,9-12,14-15H2,1H3,(H,26,27,29). The lowest BCUT2D eigenvalue weighted by molar-refractivity contribution is 0.129. The Kier molecular flexibility index (Phi) is 4.56. The van der Waals surface area contributed by atoms with Crippen LogP contribution in [-0.2, 0) is 18.4 Å². The lowest BCUT2D eigenvalue weighted by atomic mass is 9.77. The van der Waals surface area contributed by atoms with Crippen molar-refractivity contribution in [3.63, 3.8) is 0 Å². The van der Waals surface area contributed by atoms with Gasteiger partial charge in [0.2, 0.25) is 0 Å². The van der Waals surface area contributed by atoms with E-state index in [9.17, 15) is 10.1 Å². The van der Waals surface area contributed by atoms with E-state index in [1.807, 2.05) is 37.3 Å². The molecule has 2 aromatic heterocycles. The highest BCUT2D eigenvalue weighted by Crippen LogP contribution is 2.43. The van der Waals surface area contributed by atoms with E-state index in [0.29, 0.717) is 17.9 Å². The van der Waals surface area contributed by atoms with Gasteiger partial charge in [0.15, 0.2) is 0 Å². The minimum Gasteiger partial charge on any atom is -0.460 e. The Morgan fingerprint density at radius 1 is 1.27 bits per heavy atom. The Morgan fingerprint density at radius 2 is 2.13 bits per heavy atom. The van der Waals surface area contributed by atoms with E-state index in [1.165, 1.54) is 0 Å². The largest absolute Gasteiger partial charge is 0.460 e. The van der Waals surface area contributed by atoms with Crippen molar-refractivity contribution >= 4 is 0 Å². The first kappa shape index (κ1) is 18.8. The minimum absolute atomic E-state index is 0.0262. The smallest absolute Gasteiger partial charge is 0.254 e. The molecule has 5 rings (SSSR count). The van der Waals surface area contributed by atoms with Gasteiger partial charge < -0.3 is 9.40 Å². The maximum Gasteiger partial charge on any atom is 0.254 e. The number of aryl methyl sites for hydroxylation is 1. The minimum atomic E-state index is -0.0323. The van der Waals surface area contributed by atoms with Crippen LogP contribution >= 0.6 is 0 Å². The third-order valence-electron chi connectivity index (χ3n) is 6.50. The number of aromatic nitrogens is 2. The molecule has 1 aliphatic heterocycles. The summed E-state index contributed by atoms with van der Waals surface area (Å²) in [7, 11) is 0. The number of piperidine rings is 1. The van der Waals surface area contributed by atoms with Gasteiger partial charge in [0.25, 0.3) is 5.56 Å². The summed E-state index contributed by atoms with van der Waals surface area (Å²) in [6, 6.07) is 13.7. The second-order valence-corrected chi connectivity index (χ2v) is 8.50. The van der Waals surface area contributed by atoms with E-state index in [2.05, 4.69) is 16.0 Å². The van der Waals surface area contributed by atoms with Crippen LogP contribution in [0.25, 0.3) is 11.3 Å². The monoisotopic (exact) mass is 400 g/mol. The van der Waals surface area contributed by atoms with Crippen LogP contribution in [0.15, 0.2) is 45.6 Å². The van der Waals surface area contributed by atoms with E-state index in [1.54, 1.807) is 6.07 Å². The lowest BCUT2D eigenvalue weighted by Gasteiger charge is -2.40. The van der Waals surface area contributed by atoms with Gasteiger partial charge in [-0.15, -0.1) is 0 Å². The zero-order valence-corrected chi connectivity index (χ0v) is 17.1. The second-order valence-electron chi connectivity index (χ2n) is 8.50. The van der Waals surface area contributed by atoms with Crippen LogP contribution in [0.1, 0.15) is 47.7 Å². The van der Waals surface area contributed by atoms with Crippen molar-refractivity contribution in [3.8, 4) is 17.4 Å². The number of likely N-dealkylation sites (tertiary alicyclic amines) is 1. The maximum absolute atomic E-state index is 12.4. The number of nitrogens with zero attached hydrogens (tertiary/aromatic N) is 3. The molecule has 6 nitrogen and oxygen atoms in total. The number of benzene rings is 1. The van der Waals surface area contributed by atoms with Crippen molar-refractivity contribution in [2.24, 2.45) is 0 Å². The zero-order valence-electron chi connectivity index (χ0n) is 17.1.